The van der Waals surface area contributed by atoms with Gasteiger partial charge in [0, 0.05) is 38.2 Å². The molecule has 0 saturated carbocycles. The fourth-order valence-electron chi connectivity index (χ4n) is 6.34. The first-order chi connectivity index (χ1) is 28.1. The number of nitrogens with two attached hydrogens (primary N) is 5. The molecule has 322 valence electrons. The van der Waals surface area contributed by atoms with Crippen molar-refractivity contribution in [1.82, 2.24) is 26.2 Å². The summed E-state index contributed by atoms with van der Waals surface area (Å²) in [7, 11) is 0. The second-order valence-corrected chi connectivity index (χ2v) is 14.4. The molecule has 2 aromatic carbocycles. The molecule has 0 unspecified atom stereocenters. The second kappa shape index (κ2) is 24.0. The van der Waals surface area contributed by atoms with Gasteiger partial charge in [0.2, 0.25) is 29.5 Å². The molecule has 3 rings (SSSR count). The van der Waals surface area contributed by atoms with Crippen LogP contribution in [0.5, 0.6) is 5.75 Å². The molecule has 0 aliphatic carbocycles. The Labute approximate surface area is 347 Å². The molecule has 1 fully saturated rings. The van der Waals surface area contributed by atoms with Gasteiger partial charge in [0.1, 0.15) is 36.0 Å². The first kappa shape index (κ1) is 47.3. The monoisotopic (exact) mass is 840 g/mol. The molecular weight excluding hydrogens is 785 g/mol. The van der Waals surface area contributed by atoms with Crippen LogP contribution in [0, 0.1) is 0 Å². The lowest BCUT2D eigenvalue weighted by molar-refractivity contribution is -0.149. The van der Waals surface area contributed by atoms with Crippen LogP contribution in [0.1, 0.15) is 49.7 Å². The summed E-state index contributed by atoms with van der Waals surface area (Å²) in [4.78, 5) is 90.2. The molecule has 1 heterocycles. The number of aliphatic imine (C=N–C) groups is 2. The Bertz CT molecular complexity index is 1790. The summed E-state index contributed by atoms with van der Waals surface area (Å²) >= 11 is 4.06. The van der Waals surface area contributed by atoms with Crippen LogP contribution in [0.15, 0.2) is 64.6 Å². The predicted molar refractivity (Wildman–Crippen MR) is 224 cm³/mol. The molecule has 1 aliphatic rings. The lowest BCUT2D eigenvalue weighted by Crippen LogP contribution is -2.60. The number of phenols is 1. The number of nitrogens with zero attached hydrogens (tertiary/aromatic N) is 3. The summed E-state index contributed by atoms with van der Waals surface area (Å²) in [5, 5.41) is 30.5. The van der Waals surface area contributed by atoms with Gasteiger partial charge in [-0.3, -0.25) is 34.0 Å². The zero-order chi connectivity index (χ0) is 43.5. The molecular formula is C38H56N12O8S. The first-order valence-electron chi connectivity index (χ1n) is 19.1. The highest BCUT2D eigenvalue weighted by Crippen LogP contribution is 2.20. The normalized spacial score (nSPS) is 16.0. The average molecular weight is 841 g/mol. The minimum atomic E-state index is -1.35. The van der Waals surface area contributed by atoms with E-state index in [2.05, 4.69) is 43.9 Å². The number of aromatic hydroxyl groups is 1. The quantitative estimate of drug-likeness (QED) is 0.0240. The number of aliphatic carboxylic acids is 1. The Morgan fingerprint density at radius 2 is 1.19 bits per heavy atom. The van der Waals surface area contributed by atoms with Gasteiger partial charge >= 0.3 is 5.97 Å². The van der Waals surface area contributed by atoms with E-state index in [9.17, 15) is 39.0 Å². The molecule has 21 heteroatoms. The van der Waals surface area contributed by atoms with Crippen molar-refractivity contribution in [2.24, 2.45) is 38.7 Å². The average Bonchev–Trinajstić information content (AvgIpc) is 3.70. The van der Waals surface area contributed by atoms with Crippen molar-refractivity contribution >= 4 is 60.1 Å². The van der Waals surface area contributed by atoms with Crippen LogP contribution in [0.4, 0.5) is 0 Å². The maximum absolute atomic E-state index is 14.3. The van der Waals surface area contributed by atoms with E-state index in [0.717, 1.165) is 0 Å². The number of hydrogen-bond acceptors (Lipinski definition) is 11. The fraction of sp³-hybridized carbons (Fsp3) is 0.474. The Balaban J connectivity index is 1.96. The number of carbonyl (C=O) groups is 6. The van der Waals surface area contributed by atoms with Gasteiger partial charge < -0.3 is 65.0 Å². The van der Waals surface area contributed by atoms with Crippen LogP contribution in [-0.2, 0) is 41.6 Å². The van der Waals surface area contributed by atoms with Crippen molar-refractivity contribution in [1.29, 1.82) is 0 Å². The Morgan fingerprint density at radius 1 is 0.712 bits per heavy atom. The van der Waals surface area contributed by atoms with Crippen molar-refractivity contribution in [3.63, 3.8) is 0 Å². The maximum atomic E-state index is 14.3. The number of carbonyl (C=O) groups excluding carboxylic acids is 5. The topological polar surface area (TPSA) is 349 Å². The van der Waals surface area contributed by atoms with Gasteiger partial charge in [0.15, 0.2) is 11.9 Å². The number of hydrogen-bond donors (Lipinski definition) is 12. The number of thiol groups is 1. The zero-order valence-corrected chi connectivity index (χ0v) is 33.6. The largest absolute Gasteiger partial charge is 0.508 e. The van der Waals surface area contributed by atoms with Crippen molar-refractivity contribution < 1.29 is 39.0 Å². The number of likely N-dealkylation sites (tertiary alicyclic amines) is 1. The third-order valence-corrected chi connectivity index (χ3v) is 9.81. The maximum Gasteiger partial charge on any atom is 0.326 e. The number of guanidine groups is 2. The number of nitrogens with one attached hydrogen (secondary N) is 4. The van der Waals surface area contributed by atoms with Gasteiger partial charge in [-0.2, -0.15) is 12.6 Å². The van der Waals surface area contributed by atoms with Crippen LogP contribution in [0.3, 0.4) is 0 Å². The van der Waals surface area contributed by atoms with Crippen molar-refractivity contribution in [2.75, 3.05) is 25.4 Å². The minimum Gasteiger partial charge on any atom is -0.508 e. The molecule has 16 N–H and O–H groups in total. The summed E-state index contributed by atoms with van der Waals surface area (Å²) in [6, 6.07) is 7.59. The van der Waals surface area contributed by atoms with E-state index >= 15 is 0 Å². The van der Waals surface area contributed by atoms with Gasteiger partial charge in [-0.05, 0) is 61.8 Å². The highest BCUT2D eigenvalue weighted by Gasteiger charge is 2.39. The number of benzene rings is 2. The van der Waals surface area contributed by atoms with Gasteiger partial charge in [-0.25, -0.2) is 4.79 Å². The van der Waals surface area contributed by atoms with Crippen LogP contribution in [0.2, 0.25) is 0 Å². The second-order valence-electron chi connectivity index (χ2n) is 14.0. The Kier molecular flexibility index (Phi) is 19.2. The lowest BCUT2D eigenvalue weighted by atomic mass is 10.0. The first-order valence-corrected chi connectivity index (χ1v) is 19.8. The molecule has 0 spiro atoms. The lowest BCUT2D eigenvalue weighted by Gasteiger charge is -2.29. The van der Waals surface area contributed by atoms with E-state index in [1.165, 1.54) is 17.0 Å². The molecule has 2 aromatic rings. The molecule has 5 amide bonds. The fourth-order valence-corrected chi connectivity index (χ4v) is 6.50. The van der Waals surface area contributed by atoms with Crippen molar-refractivity contribution in [2.45, 2.75) is 87.6 Å². The summed E-state index contributed by atoms with van der Waals surface area (Å²) in [5.74, 6) is -5.13. The smallest absolute Gasteiger partial charge is 0.326 e. The zero-order valence-electron chi connectivity index (χ0n) is 32.7. The standard InChI is InChI=1S/C38H56N12O8S/c39-25(21-59)31(52)46-26(9-4-16-44-37(40)41)32(53)47-27(10-5-17-45-38(42)43)33(54)48-28(19-23-12-14-24(51)15-13-23)34(55)49-29(20-22-7-2-1-3-8-22)35(56)50-18-6-11-30(50)36(57)58/h1-3,7-8,12-15,25-30,51,59H,4-6,9-11,16-21,39H2,(H,46,52)(H,47,53)(H,48,54)(H,49,55)(H,57,58)(H4,40,41,44)(H4,42,43,45)/t25-,26-,27-,28-,29-,30-/m0/s1. The van der Waals surface area contributed by atoms with E-state index in [-0.39, 0.29) is 88.0 Å². The van der Waals surface area contributed by atoms with E-state index in [0.29, 0.717) is 17.5 Å². The molecule has 59 heavy (non-hydrogen) atoms. The van der Waals surface area contributed by atoms with Crippen LogP contribution in [0.25, 0.3) is 0 Å². The highest BCUT2D eigenvalue weighted by molar-refractivity contribution is 7.80. The number of carboxylic acids is 1. The summed E-state index contributed by atoms with van der Waals surface area (Å²) < 4.78 is 0. The summed E-state index contributed by atoms with van der Waals surface area (Å²) in [6.45, 7) is 0.410. The van der Waals surface area contributed by atoms with Crippen LogP contribution < -0.4 is 49.9 Å². The molecule has 0 aromatic heterocycles. The number of carboxylic acid groups (broad SMARTS) is 1. The Hall–Kier alpha value is -6.09. The molecule has 6 atom stereocenters. The molecule has 1 saturated heterocycles. The van der Waals surface area contributed by atoms with Gasteiger partial charge in [-0.15, -0.1) is 0 Å². The van der Waals surface area contributed by atoms with E-state index in [1.807, 2.05) is 0 Å². The highest BCUT2D eigenvalue weighted by atomic mass is 32.1. The van der Waals surface area contributed by atoms with Gasteiger partial charge in [-0.1, -0.05) is 42.5 Å². The van der Waals surface area contributed by atoms with Gasteiger partial charge in [0.25, 0.3) is 0 Å². The van der Waals surface area contributed by atoms with Crippen molar-refractivity contribution in [3.05, 3.63) is 65.7 Å². The molecule has 0 radical (unpaired) electrons. The Morgan fingerprint density at radius 3 is 1.71 bits per heavy atom. The predicted octanol–water partition coefficient (Wildman–Crippen LogP) is -2.44. The van der Waals surface area contributed by atoms with Crippen LogP contribution in [-0.4, -0.2) is 124 Å². The number of amides is 5. The number of phenolic OH excluding ortho intramolecular Hbond substituents is 1. The van der Waals surface area contributed by atoms with E-state index in [1.54, 1.807) is 42.5 Å². The SMILES string of the molecule is NC(N)=NCCC[C@H](NC(=O)[C@H](CCCN=C(N)N)NC(=O)[C@@H](N)CS)C(=O)N[C@@H](Cc1ccc(O)cc1)C(=O)N[C@@H](Cc1ccccc1)C(=O)N1CCC[C@H]1C(=O)O. The summed E-state index contributed by atoms with van der Waals surface area (Å²) in [5.41, 5.74) is 28.9. The van der Waals surface area contributed by atoms with Crippen molar-refractivity contribution in [3.8, 4) is 5.75 Å². The third kappa shape index (κ3) is 16.0. The van der Waals surface area contributed by atoms with E-state index < -0.39 is 71.8 Å². The minimum absolute atomic E-state index is 0.00947. The third-order valence-electron chi connectivity index (χ3n) is 9.42. The van der Waals surface area contributed by atoms with E-state index in [4.69, 9.17) is 28.7 Å². The van der Waals surface area contributed by atoms with Gasteiger partial charge in [0.05, 0.1) is 6.04 Å². The molecule has 0 bridgehead atoms. The summed E-state index contributed by atoms with van der Waals surface area (Å²) in [6.07, 6.45) is 1.11. The van der Waals surface area contributed by atoms with Crippen LogP contribution >= 0.6 is 12.6 Å². The molecule has 20 nitrogen and oxygen atoms in total. The molecule has 1 aliphatic heterocycles. The number of rotatable bonds is 23.